The lowest BCUT2D eigenvalue weighted by Gasteiger charge is -2.22. The van der Waals surface area contributed by atoms with Crippen LogP contribution in [0.4, 0.5) is 0 Å². The van der Waals surface area contributed by atoms with Gasteiger partial charge in [0.25, 0.3) is 0 Å². The predicted molar refractivity (Wildman–Crippen MR) is 83.3 cm³/mol. The van der Waals surface area contributed by atoms with Crippen LogP contribution in [0.1, 0.15) is 63.6 Å². The van der Waals surface area contributed by atoms with E-state index in [1.165, 1.54) is 56.7 Å². The van der Waals surface area contributed by atoms with Crippen LogP contribution in [-0.4, -0.2) is 32.9 Å². The SMILES string of the molecule is CC(Sc1n[nH]c(C2CC2)n1)C(=O)NCC1CCCCC1. The molecule has 6 heteroatoms. The molecule has 3 rings (SSSR count). The first-order valence-electron chi connectivity index (χ1n) is 8.09. The number of thioether (sulfide) groups is 1. The second kappa shape index (κ2) is 6.81. The van der Waals surface area contributed by atoms with Crippen LogP contribution in [0.3, 0.4) is 0 Å². The summed E-state index contributed by atoms with van der Waals surface area (Å²) < 4.78 is 0. The summed E-state index contributed by atoms with van der Waals surface area (Å²) in [6.07, 6.45) is 8.90. The van der Waals surface area contributed by atoms with E-state index in [0.717, 1.165) is 12.4 Å². The van der Waals surface area contributed by atoms with Gasteiger partial charge in [0, 0.05) is 12.5 Å². The van der Waals surface area contributed by atoms with Gasteiger partial charge in [-0.2, -0.15) is 0 Å². The molecule has 2 aliphatic carbocycles. The Kier molecular flexibility index (Phi) is 4.83. The second-order valence-electron chi connectivity index (χ2n) is 6.29. The highest BCUT2D eigenvalue weighted by atomic mass is 32.2. The van der Waals surface area contributed by atoms with Crippen LogP contribution in [0.5, 0.6) is 0 Å². The maximum absolute atomic E-state index is 12.1. The third-order valence-corrected chi connectivity index (χ3v) is 5.35. The highest BCUT2D eigenvalue weighted by molar-refractivity contribution is 8.00. The molecule has 5 nitrogen and oxygen atoms in total. The van der Waals surface area contributed by atoms with Gasteiger partial charge in [0.15, 0.2) is 0 Å². The molecule has 2 fully saturated rings. The minimum absolute atomic E-state index is 0.100. The zero-order chi connectivity index (χ0) is 14.7. The fraction of sp³-hybridized carbons (Fsp3) is 0.800. The summed E-state index contributed by atoms with van der Waals surface area (Å²) in [5.74, 6) is 2.32. The predicted octanol–water partition coefficient (Wildman–Crippen LogP) is 2.86. The molecule has 1 aromatic rings. The van der Waals surface area contributed by atoms with Crippen molar-refractivity contribution in [2.75, 3.05) is 6.54 Å². The number of carbonyl (C=O) groups excluding carboxylic acids is 1. The van der Waals surface area contributed by atoms with E-state index in [2.05, 4.69) is 20.5 Å². The molecule has 0 saturated heterocycles. The molecule has 1 amide bonds. The Labute approximate surface area is 130 Å². The van der Waals surface area contributed by atoms with Gasteiger partial charge in [-0.05, 0) is 38.5 Å². The fourth-order valence-corrected chi connectivity index (χ4v) is 3.60. The van der Waals surface area contributed by atoms with E-state index in [1.807, 2.05) is 6.92 Å². The first-order chi connectivity index (χ1) is 10.2. The van der Waals surface area contributed by atoms with E-state index < -0.39 is 0 Å². The molecule has 0 aliphatic heterocycles. The zero-order valence-corrected chi connectivity index (χ0v) is 13.4. The van der Waals surface area contributed by atoms with Crippen LogP contribution in [-0.2, 0) is 4.79 Å². The normalized spacial score (nSPS) is 21.2. The summed E-state index contributed by atoms with van der Waals surface area (Å²) >= 11 is 1.44. The molecule has 21 heavy (non-hydrogen) atoms. The van der Waals surface area contributed by atoms with Crippen molar-refractivity contribution in [1.82, 2.24) is 20.5 Å². The topological polar surface area (TPSA) is 70.7 Å². The average Bonchev–Trinajstić information content (AvgIpc) is 3.26. The third kappa shape index (κ3) is 4.22. The van der Waals surface area contributed by atoms with E-state index in [-0.39, 0.29) is 11.2 Å². The minimum Gasteiger partial charge on any atom is -0.355 e. The van der Waals surface area contributed by atoms with E-state index >= 15 is 0 Å². The quantitative estimate of drug-likeness (QED) is 0.793. The van der Waals surface area contributed by atoms with Crippen molar-refractivity contribution in [2.24, 2.45) is 5.92 Å². The number of nitrogens with zero attached hydrogens (tertiary/aromatic N) is 2. The Morgan fingerprint density at radius 1 is 1.33 bits per heavy atom. The molecule has 0 spiro atoms. The van der Waals surface area contributed by atoms with Crippen LogP contribution in [0.2, 0.25) is 0 Å². The summed E-state index contributed by atoms with van der Waals surface area (Å²) in [6.45, 7) is 2.75. The molecule has 0 aromatic carbocycles. The maximum Gasteiger partial charge on any atom is 0.233 e. The molecule has 1 heterocycles. The summed E-state index contributed by atoms with van der Waals surface area (Å²) in [5, 5.41) is 10.8. The lowest BCUT2D eigenvalue weighted by Crippen LogP contribution is -2.35. The van der Waals surface area contributed by atoms with Crippen molar-refractivity contribution in [3.8, 4) is 0 Å². The molecule has 0 bridgehead atoms. The molecule has 1 aromatic heterocycles. The summed E-state index contributed by atoms with van der Waals surface area (Å²) in [4.78, 5) is 16.6. The van der Waals surface area contributed by atoms with E-state index in [4.69, 9.17) is 0 Å². The number of nitrogens with one attached hydrogen (secondary N) is 2. The van der Waals surface area contributed by atoms with Gasteiger partial charge < -0.3 is 5.32 Å². The Morgan fingerprint density at radius 2 is 2.10 bits per heavy atom. The lowest BCUT2D eigenvalue weighted by molar-refractivity contribution is -0.120. The number of hydrogen-bond donors (Lipinski definition) is 2. The largest absolute Gasteiger partial charge is 0.355 e. The van der Waals surface area contributed by atoms with Crippen molar-refractivity contribution in [3.05, 3.63) is 5.82 Å². The Hall–Kier alpha value is -1.04. The maximum atomic E-state index is 12.1. The van der Waals surface area contributed by atoms with Crippen LogP contribution in [0.15, 0.2) is 5.16 Å². The molecule has 116 valence electrons. The van der Waals surface area contributed by atoms with Gasteiger partial charge >= 0.3 is 0 Å². The van der Waals surface area contributed by atoms with Gasteiger partial charge in [-0.3, -0.25) is 9.89 Å². The first-order valence-corrected chi connectivity index (χ1v) is 8.97. The number of aromatic nitrogens is 3. The fourth-order valence-electron chi connectivity index (χ4n) is 2.84. The van der Waals surface area contributed by atoms with Crippen molar-refractivity contribution in [3.63, 3.8) is 0 Å². The standard InChI is InChI=1S/C15H24N4OS/c1-10(14(20)16-9-11-5-3-2-4-6-11)21-15-17-13(18-19-15)12-7-8-12/h10-12H,2-9H2,1H3,(H,16,20)(H,17,18,19). The Morgan fingerprint density at radius 3 is 2.81 bits per heavy atom. The van der Waals surface area contributed by atoms with Crippen LogP contribution in [0.25, 0.3) is 0 Å². The van der Waals surface area contributed by atoms with Gasteiger partial charge in [-0.1, -0.05) is 31.0 Å². The second-order valence-corrected chi connectivity index (χ2v) is 7.59. The Balaban J connectivity index is 1.42. The third-order valence-electron chi connectivity index (χ3n) is 4.39. The van der Waals surface area contributed by atoms with Crippen molar-refractivity contribution in [2.45, 2.75) is 68.2 Å². The van der Waals surface area contributed by atoms with Crippen LogP contribution < -0.4 is 5.32 Å². The van der Waals surface area contributed by atoms with Crippen LogP contribution in [0, 0.1) is 5.92 Å². The monoisotopic (exact) mass is 308 g/mol. The Bertz CT molecular complexity index is 480. The van der Waals surface area contributed by atoms with Gasteiger partial charge in [-0.25, -0.2) is 4.98 Å². The first kappa shape index (κ1) is 14.9. The number of hydrogen-bond acceptors (Lipinski definition) is 4. The van der Waals surface area contributed by atoms with Crippen LogP contribution >= 0.6 is 11.8 Å². The molecule has 1 unspecified atom stereocenters. The number of aromatic amines is 1. The van der Waals surface area contributed by atoms with Gasteiger partial charge in [0.1, 0.15) is 5.82 Å². The number of H-pyrrole nitrogens is 1. The molecule has 1 atom stereocenters. The lowest BCUT2D eigenvalue weighted by atomic mass is 9.89. The zero-order valence-electron chi connectivity index (χ0n) is 12.6. The van der Waals surface area contributed by atoms with E-state index in [0.29, 0.717) is 17.0 Å². The van der Waals surface area contributed by atoms with E-state index in [9.17, 15) is 4.79 Å². The number of amides is 1. The summed E-state index contributed by atoms with van der Waals surface area (Å²) in [6, 6.07) is 0. The van der Waals surface area contributed by atoms with Gasteiger partial charge in [0.05, 0.1) is 5.25 Å². The molecule has 0 radical (unpaired) electrons. The molecule has 2 saturated carbocycles. The molecule has 2 aliphatic rings. The van der Waals surface area contributed by atoms with Gasteiger partial charge in [-0.15, -0.1) is 5.10 Å². The van der Waals surface area contributed by atoms with Crippen molar-refractivity contribution in [1.29, 1.82) is 0 Å². The number of rotatable bonds is 6. The highest BCUT2D eigenvalue weighted by Gasteiger charge is 2.28. The molecular weight excluding hydrogens is 284 g/mol. The highest BCUT2D eigenvalue weighted by Crippen LogP contribution is 2.38. The smallest absolute Gasteiger partial charge is 0.233 e. The number of carbonyl (C=O) groups is 1. The summed E-state index contributed by atoms with van der Waals surface area (Å²) in [7, 11) is 0. The minimum atomic E-state index is -0.142. The summed E-state index contributed by atoms with van der Waals surface area (Å²) in [5.41, 5.74) is 0. The van der Waals surface area contributed by atoms with E-state index in [1.54, 1.807) is 0 Å². The molecular formula is C15H24N4OS. The van der Waals surface area contributed by atoms with Crippen molar-refractivity contribution >= 4 is 17.7 Å². The molecule has 2 N–H and O–H groups in total. The van der Waals surface area contributed by atoms with Gasteiger partial charge in [0.2, 0.25) is 11.1 Å². The van der Waals surface area contributed by atoms with Crippen molar-refractivity contribution < 1.29 is 4.79 Å². The average molecular weight is 308 g/mol.